The lowest BCUT2D eigenvalue weighted by atomic mass is 10.1. The average molecular weight is 230 g/mol. The van der Waals surface area contributed by atoms with Gasteiger partial charge < -0.3 is 10.6 Å². The van der Waals surface area contributed by atoms with E-state index in [1.165, 1.54) is 0 Å². The van der Waals surface area contributed by atoms with Crippen molar-refractivity contribution in [2.45, 2.75) is 12.5 Å². The van der Waals surface area contributed by atoms with Gasteiger partial charge in [0.2, 0.25) is 0 Å². The minimum atomic E-state index is 0.0565. The molecule has 1 amide bonds. The van der Waals surface area contributed by atoms with E-state index in [9.17, 15) is 4.79 Å². The summed E-state index contributed by atoms with van der Waals surface area (Å²) in [5, 5.41) is 7.77. The van der Waals surface area contributed by atoms with Gasteiger partial charge in [-0.15, -0.1) is 0 Å². The zero-order chi connectivity index (χ0) is 11.8. The average Bonchev–Trinajstić information content (AvgIpc) is 2.95. The summed E-state index contributed by atoms with van der Waals surface area (Å²) >= 11 is 0. The van der Waals surface area contributed by atoms with E-state index in [4.69, 9.17) is 5.73 Å². The molecule has 1 aliphatic rings. The molecule has 2 heterocycles. The van der Waals surface area contributed by atoms with Crippen molar-refractivity contribution < 1.29 is 4.79 Å². The number of fused-ring (bicyclic) bond motifs is 1. The van der Waals surface area contributed by atoms with E-state index in [1.54, 1.807) is 6.20 Å². The molecule has 5 nitrogen and oxygen atoms in total. The molecule has 0 spiro atoms. The van der Waals surface area contributed by atoms with Crippen LogP contribution in [0.5, 0.6) is 0 Å². The number of rotatable bonds is 1. The number of carbonyl (C=O) groups is 1. The second kappa shape index (κ2) is 3.85. The molecule has 0 aliphatic carbocycles. The number of aromatic amines is 1. The largest absolute Gasteiger partial charge is 0.337 e. The quantitative estimate of drug-likeness (QED) is 0.758. The van der Waals surface area contributed by atoms with Gasteiger partial charge in [-0.3, -0.25) is 9.89 Å². The Kier molecular flexibility index (Phi) is 2.33. The van der Waals surface area contributed by atoms with Crippen molar-refractivity contribution >= 4 is 16.8 Å². The van der Waals surface area contributed by atoms with E-state index in [0.717, 1.165) is 23.9 Å². The van der Waals surface area contributed by atoms with Gasteiger partial charge in [-0.05, 0) is 24.6 Å². The predicted molar refractivity (Wildman–Crippen MR) is 64.6 cm³/mol. The van der Waals surface area contributed by atoms with Gasteiger partial charge in [-0.1, -0.05) is 0 Å². The third-order valence-electron chi connectivity index (χ3n) is 3.20. The van der Waals surface area contributed by atoms with Crippen molar-refractivity contribution in [1.82, 2.24) is 15.1 Å². The number of nitrogens with one attached hydrogen (secondary N) is 1. The molecule has 3 rings (SSSR count). The lowest BCUT2D eigenvalue weighted by molar-refractivity contribution is 0.0791. The first kappa shape index (κ1) is 10.3. The minimum absolute atomic E-state index is 0.0565. The molecule has 1 aliphatic heterocycles. The number of nitrogens with zero attached hydrogens (tertiary/aromatic N) is 2. The molecular formula is C12H14N4O. The Morgan fingerprint density at radius 2 is 2.41 bits per heavy atom. The van der Waals surface area contributed by atoms with Crippen LogP contribution in [0.4, 0.5) is 0 Å². The summed E-state index contributed by atoms with van der Waals surface area (Å²) in [6, 6.07) is 5.69. The van der Waals surface area contributed by atoms with Gasteiger partial charge in [-0.2, -0.15) is 5.10 Å². The summed E-state index contributed by atoms with van der Waals surface area (Å²) in [6.45, 7) is 1.41. The molecule has 0 saturated carbocycles. The van der Waals surface area contributed by atoms with Crippen LogP contribution in [-0.2, 0) is 0 Å². The van der Waals surface area contributed by atoms with Gasteiger partial charge in [-0.25, -0.2) is 0 Å². The molecule has 5 heteroatoms. The number of H-pyrrole nitrogens is 1. The summed E-state index contributed by atoms with van der Waals surface area (Å²) in [4.78, 5) is 14.0. The van der Waals surface area contributed by atoms with E-state index in [1.807, 2.05) is 23.1 Å². The van der Waals surface area contributed by atoms with Gasteiger partial charge in [0.25, 0.3) is 5.91 Å². The van der Waals surface area contributed by atoms with E-state index < -0.39 is 0 Å². The normalized spacial score (nSPS) is 20.1. The first-order chi connectivity index (χ1) is 8.24. The molecule has 0 radical (unpaired) electrons. The Balaban J connectivity index is 1.89. The fourth-order valence-electron chi connectivity index (χ4n) is 2.23. The highest BCUT2D eigenvalue weighted by Gasteiger charge is 2.24. The highest BCUT2D eigenvalue weighted by molar-refractivity contribution is 5.98. The fourth-order valence-corrected chi connectivity index (χ4v) is 2.23. The smallest absolute Gasteiger partial charge is 0.253 e. The Morgan fingerprint density at radius 3 is 3.18 bits per heavy atom. The monoisotopic (exact) mass is 230 g/mol. The Morgan fingerprint density at radius 1 is 1.53 bits per heavy atom. The van der Waals surface area contributed by atoms with E-state index in [-0.39, 0.29) is 11.9 Å². The SMILES string of the molecule is NC1CCN(C(=O)c2ccc3[nH]ncc3c2)C1. The van der Waals surface area contributed by atoms with Crippen molar-refractivity contribution in [2.75, 3.05) is 13.1 Å². The molecule has 1 unspecified atom stereocenters. The summed E-state index contributed by atoms with van der Waals surface area (Å²) in [7, 11) is 0. The molecule has 2 aromatic rings. The molecule has 1 saturated heterocycles. The van der Waals surface area contributed by atoms with Crippen LogP contribution in [0.25, 0.3) is 10.9 Å². The molecule has 17 heavy (non-hydrogen) atoms. The summed E-state index contributed by atoms with van der Waals surface area (Å²) in [6.07, 6.45) is 2.61. The first-order valence-corrected chi connectivity index (χ1v) is 5.72. The number of aromatic nitrogens is 2. The summed E-state index contributed by atoms with van der Waals surface area (Å²) in [5.74, 6) is 0.0565. The lowest BCUT2D eigenvalue weighted by Crippen LogP contribution is -2.31. The van der Waals surface area contributed by atoms with Crippen molar-refractivity contribution in [2.24, 2.45) is 5.73 Å². The molecule has 88 valence electrons. The maximum Gasteiger partial charge on any atom is 0.253 e. The Labute approximate surface area is 98.6 Å². The van der Waals surface area contributed by atoms with Crippen LogP contribution in [0, 0.1) is 0 Å². The molecule has 0 bridgehead atoms. The van der Waals surface area contributed by atoms with E-state index in [2.05, 4.69) is 10.2 Å². The molecule has 3 N–H and O–H groups in total. The van der Waals surface area contributed by atoms with Crippen LogP contribution in [0.2, 0.25) is 0 Å². The standard InChI is InChI=1S/C12H14N4O/c13-10-3-4-16(7-10)12(17)8-1-2-11-9(5-8)6-14-15-11/h1-2,5-6,10H,3-4,7,13H2,(H,14,15). The number of hydrogen-bond acceptors (Lipinski definition) is 3. The Hall–Kier alpha value is -1.88. The molecule has 1 atom stereocenters. The number of likely N-dealkylation sites (tertiary alicyclic amines) is 1. The van der Waals surface area contributed by atoms with Gasteiger partial charge in [0.05, 0.1) is 11.7 Å². The fraction of sp³-hybridized carbons (Fsp3) is 0.333. The highest BCUT2D eigenvalue weighted by Crippen LogP contribution is 2.17. The van der Waals surface area contributed by atoms with Crippen molar-refractivity contribution in [3.05, 3.63) is 30.0 Å². The van der Waals surface area contributed by atoms with Crippen LogP contribution in [0.3, 0.4) is 0 Å². The first-order valence-electron chi connectivity index (χ1n) is 5.72. The Bertz CT molecular complexity index is 562. The highest BCUT2D eigenvalue weighted by atomic mass is 16.2. The second-order valence-corrected chi connectivity index (χ2v) is 4.47. The molecule has 1 aromatic heterocycles. The maximum absolute atomic E-state index is 12.2. The van der Waals surface area contributed by atoms with E-state index >= 15 is 0 Å². The molecular weight excluding hydrogens is 216 g/mol. The van der Waals surface area contributed by atoms with Crippen molar-refractivity contribution in [3.8, 4) is 0 Å². The van der Waals surface area contributed by atoms with Crippen LogP contribution in [0.1, 0.15) is 16.8 Å². The van der Waals surface area contributed by atoms with Gasteiger partial charge in [0, 0.05) is 30.1 Å². The zero-order valence-corrected chi connectivity index (χ0v) is 9.39. The second-order valence-electron chi connectivity index (χ2n) is 4.47. The predicted octanol–water partition coefficient (Wildman–Crippen LogP) is 0.736. The van der Waals surface area contributed by atoms with Gasteiger partial charge in [0.1, 0.15) is 0 Å². The van der Waals surface area contributed by atoms with Gasteiger partial charge >= 0.3 is 0 Å². The number of hydrogen-bond donors (Lipinski definition) is 2. The van der Waals surface area contributed by atoms with Crippen LogP contribution in [0.15, 0.2) is 24.4 Å². The number of carbonyl (C=O) groups excluding carboxylic acids is 1. The topological polar surface area (TPSA) is 75.0 Å². The van der Waals surface area contributed by atoms with Gasteiger partial charge in [0.15, 0.2) is 0 Å². The number of nitrogens with two attached hydrogens (primary N) is 1. The maximum atomic E-state index is 12.2. The molecule has 1 aromatic carbocycles. The van der Waals surface area contributed by atoms with E-state index in [0.29, 0.717) is 12.1 Å². The zero-order valence-electron chi connectivity index (χ0n) is 9.39. The van der Waals surface area contributed by atoms with Crippen LogP contribution in [-0.4, -0.2) is 40.1 Å². The lowest BCUT2D eigenvalue weighted by Gasteiger charge is -2.15. The van der Waals surface area contributed by atoms with Crippen LogP contribution < -0.4 is 5.73 Å². The minimum Gasteiger partial charge on any atom is -0.337 e. The summed E-state index contributed by atoms with van der Waals surface area (Å²) < 4.78 is 0. The third-order valence-corrected chi connectivity index (χ3v) is 3.20. The van der Waals surface area contributed by atoms with Crippen molar-refractivity contribution in [3.63, 3.8) is 0 Å². The van der Waals surface area contributed by atoms with Crippen molar-refractivity contribution in [1.29, 1.82) is 0 Å². The number of benzene rings is 1. The number of amides is 1. The third kappa shape index (κ3) is 1.78. The summed E-state index contributed by atoms with van der Waals surface area (Å²) in [5.41, 5.74) is 7.45. The molecule has 1 fully saturated rings. The van der Waals surface area contributed by atoms with Crippen LogP contribution >= 0.6 is 0 Å².